The molecule has 0 saturated carbocycles. The zero-order chi connectivity index (χ0) is 13.8. The van der Waals surface area contributed by atoms with E-state index in [9.17, 15) is 4.79 Å². The van der Waals surface area contributed by atoms with Gasteiger partial charge in [-0.1, -0.05) is 18.2 Å². The van der Waals surface area contributed by atoms with Crippen LogP contribution in [0.25, 0.3) is 0 Å². The van der Waals surface area contributed by atoms with Gasteiger partial charge in [0.15, 0.2) is 11.6 Å². The van der Waals surface area contributed by atoms with Crippen molar-refractivity contribution in [2.75, 3.05) is 10.6 Å². The Morgan fingerprint density at radius 2 is 1.58 bits per heavy atom. The molecule has 1 aromatic carbocycles. The molecule has 98 valence electrons. The lowest BCUT2D eigenvalue weighted by atomic mass is 10.1. The van der Waals surface area contributed by atoms with Crippen molar-refractivity contribution in [2.45, 2.75) is 20.8 Å². The predicted molar refractivity (Wildman–Crippen MR) is 75.5 cm³/mol. The van der Waals surface area contributed by atoms with Crippen LogP contribution in [-0.2, 0) is 4.79 Å². The Bertz CT molecular complexity index is 573. The SMILES string of the molecule is CC(=O)Nc1ccc(Nc2c(C)cccc2C)nn1. The molecule has 0 aliphatic heterocycles. The number of rotatable bonds is 3. The summed E-state index contributed by atoms with van der Waals surface area (Å²) < 4.78 is 0. The zero-order valence-corrected chi connectivity index (χ0v) is 11.2. The summed E-state index contributed by atoms with van der Waals surface area (Å²) in [6, 6.07) is 9.58. The highest BCUT2D eigenvalue weighted by atomic mass is 16.1. The fraction of sp³-hybridized carbons (Fsp3) is 0.214. The quantitative estimate of drug-likeness (QED) is 0.886. The number of benzene rings is 1. The highest BCUT2D eigenvalue weighted by Gasteiger charge is 2.04. The van der Waals surface area contributed by atoms with Crippen LogP contribution in [0.1, 0.15) is 18.1 Å². The number of para-hydroxylation sites is 1. The summed E-state index contributed by atoms with van der Waals surface area (Å²) in [5, 5.41) is 13.8. The van der Waals surface area contributed by atoms with Crippen molar-refractivity contribution in [3.05, 3.63) is 41.5 Å². The molecule has 0 aliphatic rings. The lowest BCUT2D eigenvalue weighted by molar-refractivity contribution is -0.114. The molecule has 1 heterocycles. The number of aryl methyl sites for hydroxylation is 2. The smallest absolute Gasteiger partial charge is 0.222 e. The van der Waals surface area contributed by atoms with Gasteiger partial charge in [0.2, 0.25) is 5.91 Å². The summed E-state index contributed by atoms with van der Waals surface area (Å²) >= 11 is 0. The van der Waals surface area contributed by atoms with Crippen LogP contribution in [-0.4, -0.2) is 16.1 Å². The predicted octanol–water partition coefficient (Wildman–Crippen LogP) is 2.80. The molecule has 0 unspecified atom stereocenters. The second kappa shape index (κ2) is 5.48. The van der Waals surface area contributed by atoms with Crippen LogP contribution in [0, 0.1) is 13.8 Å². The van der Waals surface area contributed by atoms with Crippen LogP contribution in [0.3, 0.4) is 0 Å². The zero-order valence-electron chi connectivity index (χ0n) is 11.2. The second-order valence-electron chi connectivity index (χ2n) is 4.38. The van der Waals surface area contributed by atoms with E-state index < -0.39 is 0 Å². The number of anilines is 3. The maximum atomic E-state index is 10.9. The highest BCUT2D eigenvalue weighted by molar-refractivity contribution is 5.87. The molecule has 1 aromatic heterocycles. The molecular weight excluding hydrogens is 240 g/mol. The van der Waals surface area contributed by atoms with Gasteiger partial charge >= 0.3 is 0 Å². The molecule has 2 rings (SSSR count). The lowest BCUT2D eigenvalue weighted by Crippen LogP contribution is -2.08. The minimum absolute atomic E-state index is 0.162. The van der Waals surface area contributed by atoms with Crippen molar-refractivity contribution < 1.29 is 4.79 Å². The van der Waals surface area contributed by atoms with E-state index in [0.717, 1.165) is 16.8 Å². The first kappa shape index (κ1) is 13.0. The largest absolute Gasteiger partial charge is 0.338 e. The molecule has 5 heteroatoms. The van der Waals surface area contributed by atoms with Crippen molar-refractivity contribution >= 4 is 23.2 Å². The van der Waals surface area contributed by atoms with Gasteiger partial charge in [0.05, 0.1) is 0 Å². The molecule has 1 amide bonds. The van der Waals surface area contributed by atoms with Gasteiger partial charge in [-0.2, -0.15) is 0 Å². The Labute approximate surface area is 112 Å². The van der Waals surface area contributed by atoms with Crippen LogP contribution in [0.15, 0.2) is 30.3 Å². The summed E-state index contributed by atoms with van der Waals surface area (Å²) in [5.74, 6) is 0.927. The minimum Gasteiger partial charge on any atom is -0.338 e. The van der Waals surface area contributed by atoms with E-state index in [4.69, 9.17) is 0 Å². The van der Waals surface area contributed by atoms with Gasteiger partial charge < -0.3 is 10.6 Å². The van der Waals surface area contributed by atoms with Gasteiger partial charge in [-0.3, -0.25) is 4.79 Å². The molecule has 0 saturated heterocycles. The summed E-state index contributed by atoms with van der Waals surface area (Å²) in [6.45, 7) is 5.51. The van der Waals surface area contributed by atoms with Crippen molar-refractivity contribution in [3.63, 3.8) is 0 Å². The lowest BCUT2D eigenvalue weighted by Gasteiger charge is -2.11. The fourth-order valence-electron chi connectivity index (χ4n) is 1.79. The number of carbonyl (C=O) groups excluding carboxylic acids is 1. The molecular formula is C14H16N4O. The van der Waals surface area contributed by atoms with Crippen LogP contribution >= 0.6 is 0 Å². The normalized spacial score (nSPS) is 10.1. The number of nitrogens with one attached hydrogen (secondary N) is 2. The number of hydrogen-bond acceptors (Lipinski definition) is 4. The van der Waals surface area contributed by atoms with E-state index in [1.807, 2.05) is 32.0 Å². The fourth-order valence-corrected chi connectivity index (χ4v) is 1.79. The van der Waals surface area contributed by atoms with Gasteiger partial charge in [0, 0.05) is 12.6 Å². The molecule has 0 fully saturated rings. The van der Waals surface area contributed by atoms with E-state index in [-0.39, 0.29) is 5.91 Å². The first-order valence-electron chi connectivity index (χ1n) is 6.01. The summed E-state index contributed by atoms with van der Waals surface area (Å²) in [6.07, 6.45) is 0. The topological polar surface area (TPSA) is 66.9 Å². The maximum absolute atomic E-state index is 10.9. The standard InChI is InChI=1S/C14H16N4O/c1-9-5-4-6-10(2)14(9)16-13-8-7-12(17-18-13)15-11(3)19/h4-8H,1-3H3,(H,16,18)(H,15,17,19). The Balaban J connectivity index is 2.18. The molecule has 0 bridgehead atoms. The van der Waals surface area contributed by atoms with Crippen LogP contribution in [0.2, 0.25) is 0 Å². The molecule has 5 nitrogen and oxygen atoms in total. The van der Waals surface area contributed by atoms with E-state index >= 15 is 0 Å². The summed E-state index contributed by atoms with van der Waals surface area (Å²) in [5.41, 5.74) is 3.32. The first-order valence-corrected chi connectivity index (χ1v) is 6.01. The van der Waals surface area contributed by atoms with Crippen LogP contribution in [0.5, 0.6) is 0 Å². The van der Waals surface area contributed by atoms with Gasteiger partial charge in [0.1, 0.15) is 0 Å². The Morgan fingerprint density at radius 1 is 1.00 bits per heavy atom. The molecule has 2 aromatic rings. The number of aromatic nitrogens is 2. The Kier molecular flexibility index (Phi) is 3.75. The van der Waals surface area contributed by atoms with Crippen molar-refractivity contribution in [1.82, 2.24) is 10.2 Å². The Hall–Kier alpha value is -2.43. The average Bonchev–Trinajstić information content (AvgIpc) is 2.35. The van der Waals surface area contributed by atoms with Crippen molar-refractivity contribution in [1.29, 1.82) is 0 Å². The average molecular weight is 256 g/mol. The summed E-state index contributed by atoms with van der Waals surface area (Å²) in [4.78, 5) is 10.9. The molecule has 0 aliphatic carbocycles. The monoisotopic (exact) mass is 256 g/mol. The second-order valence-corrected chi connectivity index (χ2v) is 4.38. The van der Waals surface area contributed by atoms with Crippen LogP contribution in [0.4, 0.5) is 17.3 Å². The van der Waals surface area contributed by atoms with Crippen LogP contribution < -0.4 is 10.6 Å². The third kappa shape index (κ3) is 3.28. The van der Waals surface area contributed by atoms with Crippen molar-refractivity contribution in [2.24, 2.45) is 0 Å². The molecule has 0 atom stereocenters. The number of nitrogens with zero attached hydrogens (tertiary/aromatic N) is 2. The third-order valence-corrected chi connectivity index (χ3v) is 2.70. The minimum atomic E-state index is -0.162. The molecule has 2 N–H and O–H groups in total. The number of carbonyl (C=O) groups is 1. The van der Waals surface area contributed by atoms with E-state index in [1.54, 1.807) is 12.1 Å². The third-order valence-electron chi connectivity index (χ3n) is 2.70. The number of amides is 1. The van der Waals surface area contributed by atoms with Gasteiger partial charge in [-0.05, 0) is 37.1 Å². The van der Waals surface area contributed by atoms with Gasteiger partial charge in [-0.25, -0.2) is 0 Å². The van der Waals surface area contributed by atoms with E-state index in [0.29, 0.717) is 11.6 Å². The summed E-state index contributed by atoms with van der Waals surface area (Å²) in [7, 11) is 0. The van der Waals surface area contributed by atoms with Crippen molar-refractivity contribution in [3.8, 4) is 0 Å². The first-order chi connectivity index (χ1) is 9.06. The van der Waals surface area contributed by atoms with Gasteiger partial charge in [-0.15, -0.1) is 10.2 Å². The molecule has 0 spiro atoms. The molecule has 0 radical (unpaired) electrons. The van der Waals surface area contributed by atoms with Gasteiger partial charge in [0.25, 0.3) is 0 Å². The maximum Gasteiger partial charge on any atom is 0.222 e. The van der Waals surface area contributed by atoms with E-state index in [1.165, 1.54) is 6.92 Å². The number of hydrogen-bond donors (Lipinski definition) is 2. The molecule has 19 heavy (non-hydrogen) atoms. The highest BCUT2D eigenvalue weighted by Crippen LogP contribution is 2.23. The Morgan fingerprint density at radius 3 is 2.11 bits per heavy atom. The van der Waals surface area contributed by atoms with E-state index in [2.05, 4.69) is 20.8 Å².